The maximum Gasteiger partial charge on any atom is 0.0433 e. The molecule has 12 heavy (non-hydrogen) atoms. The normalized spacial score (nSPS) is 12.8. The fourth-order valence-corrected chi connectivity index (χ4v) is 1.24. The van der Waals surface area contributed by atoms with Crippen molar-refractivity contribution in [1.29, 1.82) is 0 Å². The van der Waals surface area contributed by atoms with Gasteiger partial charge < -0.3 is 5.11 Å². The minimum atomic E-state index is 0.279. The van der Waals surface area contributed by atoms with Crippen molar-refractivity contribution in [3.63, 3.8) is 0 Å². The topological polar surface area (TPSA) is 33.1 Å². The Morgan fingerprint density at radius 3 is 3.00 bits per heavy atom. The van der Waals surface area contributed by atoms with Gasteiger partial charge in [-0.2, -0.15) is 0 Å². The van der Waals surface area contributed by atoms with E-state index in [-0.39, 0.29) is 6.61 Å². The van der Waals surface area contributed by atoms with Crippen LogP contribution in [0.3, 0.4) is 0 Å². The van der Waals surface area contributed by atoms with Gasteiger partial charge in [-0.3, -0.25) is 4.98 Å². The first-order valence-corrected chi connectivity index (χ1v) is 4.32. The molecule has 0 saturated carbocycles. The third-order valence-corrected chi connectivity index (χ3v) is 1.93. The molecule has 0 saturated heterocycles. The van der Waals surface area contributed by atoms with Crippen molar-refractivity contribution in [3.05, 3.63) is 30.1 Å². The predicted octanol–water partition coefficient (Wildman–Crippen LogP) is 1.64. The Labute approximate surface area is 73.3 Å². The van der Waals surface area contributed by atoms with E-state index in [0.717, 1.165) is 12.8 Å². The molecule has 2 heteroatoms. The summed E-state index contributed by atoms with van der Waals surface area (Å²) < 4.78 is 0. The van der Waals surface area contributed by atoms with E-state index in [1.165, 1.54) is 5.56 Å². The van der Waals surface area contributed by atoms with Crippen molar-refractivity contribution >= 4 is 0 Å². The Balaban J connectivity index is 2.41. The first-order chi connectivity index (χ1) is 5.83. The van der Waals surface area contributed by atoms with Crippen LogP contribution in [-0.4, -0.2) is 16.7 Å². The molecule has 2 nitrogen and oxygen atoms in total. The van der Waals surface area contributed by atoms with E-state index in [9.17, 15) is 0 Å². The number of hydrogen-bond acceptors (Lipinski definition) is 2. The lowest BCUT2D eigenvalue weighted by Gasteiger charge is -2.08. The number of aliphatic hydroxyl groups is 1. The van der Waals surface area contributed by atoms with Crippen LogP contribution in [0.5, 0.6) is 0 Å². The van der Waals surface area contributed by atoms with Crippen molar-refractivity contribution in [1.82, 2.24) is 4.98 Å². The molecule has 1 unspecified atom stereocenters. The molecule has 0 aliphatic rings. The zero-order valence-corrected chi connectivity index (χ0v) is 7.40. The van der Waals surface area contributed by atoms with Crippen LogP contribution in [0.1, 0.15) is 18.9 Å². The van der Waals surface area contributed by atoms with Gasteiger partial charge in [-0.1, -0.05) is 13.0 Å². The molecule has 0 spiro atoms. The molecule has 0 bridgehead atoms. The first kappa shape index (κ1) is 9.20. The van der Waals surface area contributed by atoms with Crippen LogP contribution in [0.2, 0.25) is 0 Å². The molecular weight excluding hydrogens is 150 g/mol. The first-order valence-electron chi connectivity index (χ1n) is 4.32. The van der Waals surface area contributed by atoms with Crippen LogP contribution in [0.4, 0.5) is 0 Å². The molecule has 66 valence electrons. The van der Waals surface area contributed by atoms with Gasteiger partial charge >= 0.3 is 0 Å². The second-order valence-corrected chi connectivity index (χ2v) is 3.18. The Hall–Kier alpha value is -0.890. The van der Waals surface area contributed by atoms with Gasteiger partial charge in [0.25, 0.3) is 0 Å². The highest BCUT2D eigenvalue weighted by atomic mass is 16.3. The van der Waals surface area contributed by atoms with E-state index in [1.807, 2.05) is 12.3 Å². The molecule has 1 aromatic rings. The molecule has 0 amide bonds. The van der Waals surface area contributed by atoms with Gasteiger partial charge in [-0.25, -0.2) is 0 Å². The summed E-state index contributed by atoms with van der Waals surface area (Å²) >= 11 is 0. The van der Waals surface area contributed by atoms with E-state index in [4.69, 9.17) is 5.11 Å². The summed E-state index contributed by atoms with van der Waals surface area (Å²) in [5.74, 6) is 0.541. The largest absolute Gasteiger partial charge is 0.396 e. The fourth-order valence-electron chi connectivity index (χ4n) is 1.24. The van der Waals surface area contributed by atoms with Crippen LogP contribution in [0.15, 0.2) is 24.5 Å². The van der Waals surface area contributed by atoms with E-state index >= 15 is 0 Å². The van der Waals surface area contributed by atoms with Crippen LogP contribution in [0.25, 0.3) is 0 Å². The highest BCUT2D eigenvalue weighted by molar-refractivity contribution is 5.08. The van der Waals surface area contributed by atoms with Crippen molar-refractivity contribution < 1.29 is 5.11 Å². The summed E-state index contributed by atoms with van der Waals surface area (Å²) in [6.45, 7) is 2.42. The fraction of sp³-hybridized carbons (Fsp3) is 0.500. The lowest BCUT2D eigenvalue weighted by molar-refractivity contribution is 0.262. The van der Waals surface area contributed by atoms with Gasteiger partial charge in [0.2, 0.25) is 0 Å². The van der Waals surface area contributed by atoms with E-state index in [2.05, 4.69) is 18.0 Å². The summed E-state index contributed by atoms with van der Waals surface area (Å²) in [5.41, 5.74) is 1.25. The highest BCUT2D eigenvalue weighted by Gasteiger charge is 2.01. The quantitative estimate of drug-likeness (QED) is 0.735. The Morgan fingerprint density at radius 1 is 1.58 bits per heavy atom. The van der Waals surface area contributed by atoms with Gasteiger partial charge in [0, 0.05) is 19.0 Å². The van der Waals surface area contributed by atoms with Gasteiger partial charge in [-0.15, -0.1) is 0 Å². The molecule has 1 atom stereocenters. The third-order valence-electron chi connectivity index (χ3n) is 1.93. The summed E-state index contributed by atoms with van der Waals surface area (Å²) in [7, 11) is 0. The molecule has 1 rings (SSSR count). The number of pyridine rings is 1. The van der Waals surface area contributed by atoms with E-state index in [0.29, 0.717) is 5.92 Å². The van der Waals surface area contributed by atoms with Gasteiger partial charge in [0.05, 0.1) is 0 Å². The lowest BCUT2D eigenvalue weighted by atomic mass is 10.00. The lowest BCUT2D eigenvalue weighted by Crippen LogP contribution is -2.02. The van der Waals surface area contributed by atoms with Crippen molar-refractivity contribution in [2.45, 2.75) is 19.8 Å². The smallest absolute Gasteiger partial charge is 0.0433 e. The number of hydrogen-bond donors (Lipinski definition) is 1. The Morgan fingerprint density at radius 2 is 2.42 bits per heavy atom. The van der Waals surface area contributed by atoms with Crippen LogP contribution >= 0.6 is 0 Å². The summed E-state index contributed by atoms with van der Waals surface area (Å²) in [4.78, 5) is 4.04. The summed E-state index contributed by atoms with van der Waals surface area (Å²) in [5, 5.41) is 8.70. The third kappa shape index (κ3) is 3.01. The van der Waals surface area contributed by atoms with E-state index in [1.54, 1.807) is 6.20 Å². The van der Waals surface area contributed by atoms with Gasteiger partial charge in [-0.05, 0) is 30.4 Å². The predicted molar refractivity (Wildman–Crippen MR) is 48.8 cm³/mol. The molecular formula is C10H15NO. The molecule has 1 aromatic heterocycles. The van der Waals surface area contributed by atoms with Crippen molar-refractivity contribution in [2.75, 3.05) is 6.61 Å². The summed E-state index contributed by atoms with van der Waals surface area (Å²) in [6, 6.07) is 4.02. The minimum absolute atomic E-state index is 0.279. The molecule has 0 radical (unpaired) electrons. The second-order valence-electron chi connectivity index (χ2n) is 3.18. The van der Waals surface area contributed by atoms with E-state index < -0.39 is 0 Å². The number of aliphatic hydroxyl groups excluding tert-OH is 1. The highest BCUT2D eigenvalue weighted by Crippen LogP contribution is 2.09. The molecule has 0 aliphatic carbocycles. The van der Waals surface area contributed by atoms with Crippen LogP contribution in [-0.2, 0) is 6.42 Å². The van der Waals surface area contributed by atoms with Gasteiger partial charge in [0.15, 0.2) is 0 Å². The zero-order valence-electron chi connectivity index (χ0n) is 7.40. The molecule has 0 aromatic carbocycles. The average Bonchev–Trinajstić information content (AvgIpc) is 2.06. The molecule has 0 aliphatic heterocycles. The maximum absolute atomic E-state index is 8.70. The Kier molecular flexibility index (Phi) is 3.74. The SMILES string of the molecule is CC(CCO)Cc1cccnc1. The maximum atomic E-state index is 8.70. The van der Waals surface area contributed by atoms with Crippen molar-refractivity contribution in [2.24, 2.45) is 5.92 Å². The van der Waals surface area contributed by atoms with Crippen LogP contribution in [0, 0.1) is 5.92 Å². The standard InChI is InChI=1S/C10H15NO/c1-9(4-6-12)7-10-3-2-5-11-8-10/h2-3,5,8-9,12H,4,6-7H2,1H3. The summed E-state index contributed by atoms with van der Waals surface area (Å²) in [6.07, 6.45) is 5.54. The molecule has 0 fully saturated rings. The number of nitrogens with zero attached hydrogens (tertiary/aromatic N) is 1. The number of rotatable bonds is 4. The molecule has 1 N–H and O–H groups in total. The monoisotopic (exact) mass is 165 g/mol. The zero-order chi connectivity index (χ0) is 8.81. The number of aromatic nitrogens is 1. The average molecular weight is 165 g/mol. The van der Waals surface area contributed by atoms with Crippen LogP contribution < -0.4 is 0 Å². The van der Waals surface area contributed by atoms with Crippen molar-refractivity contribution in [3.8, 4) is 0 Å². The Bertz CT molecular complexity index is 210. The minimum Gasteiger partial charge on any atom is -0.396 e. The van der Waals surface area contributed by atoms with Gasteiger partial charge in [0.1, 0.15) is 0 Å². The molecule has 1 heterocycles. The second kappa shape index (κ2) is 4.88.